The molecule has 1 fully saturated rings. The van der Waals surface area contributed by atoms with Gasteiger partial charge in [-0.3, -0.25) is 4.79 Å². The van der Waals surface area contributed by atoms with Crippen LogP contribution in [0.2, 0.25) is 0 Å². The quantitative estimate of drug-likeness (QED) is 0.811. The molecule has 0 atom stereocenters. The molecule has 0 aromatic rings. The van der Waals surface area contributed by atoms with Crippen molar-refractivity contribution >= 4 is 15.9 Å². The van der Waals surface area contributed by atoms with Gasteiger partial charge in [0.1, 0.15) is 6.61 Å². The van der Waals surface area contributed by atoms with Crippen LogP contribution >= 0.6 is 0 Å². The molecule has 1 amide bonds. The summed E-state index contributed by atoms with van der Waals surface area (Å²) >= 11 is 0. The number of ether oxygens (including phenoxy) is 1. The molecule has 7 heteroatoms. The summed E-state index contributed by atoms with van der Waals surface area (Å²) in [4.78, 5) is 11.7. The summed E-state index contributed by atoms with van der Waals surface area (Å²) in [6.07, 6.45) is 2.51. The van der Waals surface area contributed by atoms with Gasteiger partial charge < -0.3 is 10.1 Å². The Kier molecular flexibility index (Phi) is 5.34. The molecule has 1 aliphatic rings. The molecule has 1 rings (SSSR count). The van der Waals surface area contributed by atoms with Crippen molar-refractivity contribution in [2.75, 3.05) is 26.0 Å². The van der Waals surface area contributed by atoms with E-state index in [1.165, 1.54) is 10.6 Å². The molecule has 19 heavy (non-hydrogen) atoms. The number of sulfonamides is 1. The van der Waals surface area contributed by atoms with Crippen LogP contribution in [0.1, 0.15) is 33.6 Å². The van der Waals surface area contributed by atoms with Crippen molar-refractivity contribution in [1.29, 1.82) is 0 Å². The van der Waals surface area contributed by atoms with Crippen LogP contribution in [0.15, 0.2) is 0 Å². The number of carbonyl (C=O) groups excluding carboxylic acids is 1. The Balaban J connectivity index is 2.31. The number of hydrogen-bond donors (Lipinski definition) is 1. The fourth-order valence-corrected chi connectivity index (χ4v) is 2.76. The number of rotatable bonds is 4. The topological polar surface area (TPSA) is 75.7 Å². The van der Waals surface area contributed by atoms with Crippen molar-refractivity contribution in [2.45, 2.75) is 45.3 Å². The highest BCUT2D eigenvalue weighted by molar-refractivity contribution is 7.88. The first kappa shape index (κ1) is 16.4. The number of nitrogens with one attached hydrogen (secondary N) is 1. The third-order valence-corrected chi connectivity index (χ3v) is 4.23. The van der Waals surface area contributed by atoms with Crippen LogP contribution in [-0.2, 0) is 19.6 Å². The van der Waals surface area contributed by atoms with E-state index in [4.69, 9.17) is 4.74 Å². The molecule has 0 unspecified atom stereocenters. The molecule has 0 bridgehead atoms. The van der Waals surface area contributed by atoms with Crippen LogP contribution in [0.4, 0.5) is 0 Å². The number of carbonyl (C=O) groups is 1. The minimum atomic E-state index is -3.11. The molecule has 0 aliphatic carbocycles. The normalized spacial score (nSPS) is 19.4. The predicted octanol–water partition coefficient (Wildman–Crippen LogP) is 0.342. The molecular weight excluding hydrogens is 268 g/mol. The van der Waals surface area contributed by atoms with Gasteiger partial charge in [-0.25, -0.2) is 12.7 Å². The molecule has 1 heterocycles. The van der Waals surface area contributed by atoms with Gasteiger partial charge in [-0.1, -0.05) is 0 Å². The van der Waals surface area contributed by atoms with Crippen LogP contribution in [0.5, 0.6) is 0 Å². The number of hydrogen-bond acceptors (Lipinski definition) is 4. The van der Waals surface area contributed by atoms with Gasteiger partial charge in [0.05, 0.1) is 11.9 Å². The second-order valence-corrected chi connectivity index (χ2v) is 7.89. The van der Waals surface area contributed by atoms with Gasteiger partial charge in [0.15, 0.2) is 0 Å². The molecule has 0 spiro atoms. The molecule has 0 saturated carbocycles. The maximum atomic E-state index is 11.7. The third kappa shape index (κ3) is 6.35. The van der Waals surface area contributed by atoms with Gasteiger partial charge in [-0.05, 0) is 33.6 Å². The predicted molar refractivity (Wildman–Crippen MR) is 73.3 cm³/mol. The molecule has 0 radical (unpaired) electrons. The second kappa shape index (κ2) is 6.19. The largest absolute Gasteiger partial charge is 0.366 e. The van der Waals surface area contributed by atoms with E-state index in [9.17, 15) is 13.2 Å². The lowest BCUT2D eigenvalue weighted by atomic mass is 10.1. The van der Waals surface area contributed by atoms with Gasteiger partial charge in [0.2, 0.25) is 15.9 Å². The Hall–Kier alpha value is -0.660. The van der Waals surface area contributed by atoms with E-state index in [1.807, 2.05) is 20.8 Å². The maximum Gasteiger partial charge on any atom is 0.246 e. The Morgan fingerprint density at radius 2 is 1.84 bits per heavy atom. The lowest BCUT2D eigenvalue weighted by Gasteiger charge is -2.30. The molecule has 0 aromatic heterocycles. The van der Waals surface area contributed by atoms with Crippen LogP contribution in [0.25, 0.3) is 0 Å². The van der Waals surface area contributed by atoms with Crippen molar-refractivity contribution < 1.29 is 17.9 Å². The van der Waals surface area contributed by atoms with E-state index >= 15 is 0 Å². The molecule has 6 nitrogen and oxygen atoms in total. The second-order valence-electron chi connectivity index (χ2n) is 5.90. The van der Waals surface area contributed by atoms with E-state index in [-0.39, 0.29) is 24.2 Å². The first-order valence-electron chi connectivity index (χ1n) is 6.46. The summed E-state index contributed by atoms with van der Waals surface area (Å²) in [7, 11) is -3.11. The van der Waals surface area contributed by atoms with Gasteiger partial charge in [-0.2, -0.15) is 0 Å². The van der Waals surface area contributed by atoms with Crippen molar-refractivity contribution in [2.24, 2.45) is 0 Å². The third-order valence-electron chi connectivity index (χ3n) is 2.92. The van der Waals surface area contributed by atoms with Crippen LogP contribution < -0.4 is 5.32 Å². The van der Waals surface area contributed by atoms with E-state index < -0.39 is 10.0 Å². The Morgan fingerprint density at radius 3 is 2.26 bits per heavy atom. The first-order valence-corrected chi connectivity index (χ1v) is 8.31. The van der Waals surface area contributed by atoms with Gasteiger partial charge >= 0.3 is 0 Å². The summed E-state index contributed by atoms with van der Waals surface area (Å²) in [6.45, 7) is 6.64. The Bertz CT molecular complexity index is 406. The van der Waals surface area contributed by atoms with E-state index in [1.54, 1.807) is 0 Å². The minimum Gasteiger partial charge on any atom is -0.366 e. The minimum absolute atomic E-state index is 0.0362. The van der Waals surface area contributed by atoms with Crippen molar-refractivity contribution in [3.05, 3.63) is 0 Å². The first-order chi connectivity index (χ1) is 8.58. The summed E-state index contributed by atoms with van der Waals surface area (Å²) in [5.41, 5.74) is -0.336. The summed E-state index contributed by atoms with van der Waals surface area (Å²) < 4.78 is 29.5. The van der Waals surface area contributed by atoms with Gasteiger partial charge in [-0.15, -0.1) is 0 Å². The summed E-state index contributed by atoms with van der Waals surface area (Å²) in [5.74, 6) is -0.146. The van der Waals surface area contributed by atoms with E-state index in [2.05, 4.69) is 5.32 Å². The van der Waals surface area contributed by atoms with Crippen LogP contribution in [-0.4, -0.2) is 56.2 Å². The number of amides is 1. The lowest BCUT2D eigenvalue weighted by molar-refractivity contribution is -0.131. The molecule has 1 aliphatic heterocycles. The van der Waals surface area contributed by atoms with E-state index in [0.29, 0.717) is 25.9 Å². The van der Waals surface area contributed by atoms with E-state index in [0.717, 1.165) is 0 Å². The smallest absolute Gasteiger partial charge is 0.246 e. The zero-order valence-corrected chi connectivity index (χ0v) is 12.9. The Morgan fingerprint density at radius 1 is 1.32 bits per heavy atom. The fourth-order valence-electron chi connectivity index (χ4n) is 1.88. The average Bonchev–Trinajstić information content (AvgIpc) is 2.25. The van der Waals surface area contributed by atoms with Crippen molar-refractivity contribution in [3.8, 4) is 0 Å². The zero-order chi connectivity index (χ0) is 14.7. The average molecular weight is 292 g/mol. The highest BCUT2D eigenvalue weighted by atomic mass is 32.2. The standard InChI is InChI=1S/C12H24N2O4S/c1-12(2,3)18-9-11(15)13-10-5-7-14(8-6-10)19(4,16)17/h10H,5-9H2,1-4H3,(H,13,15). The van der Waals surface area contributed by atoms with Crippen LogP contribution in [0, 0.1) is 0 Å². The fraction of sp³-hybridized carbons (Fsp3) is 0.917. The van der Waals surface area contributed by atoms with Crippen LogP contribution in [0.3, 0.4) is 0 Å². The molecule has 1 N–H and O–H groups in total. The van der Waals surface area contributed by atoms with Gasteiger partial charge in [0, 0.05) is 19.1 Å². The summed E-state index contributed by atoms with van der Waals surface area (Å²) in [6, 6.07) is 0.0362. The highest BCUT2D eigenvalue weighted by Gasteiger charge is 2.25. The van der Waals surface area contributed by atoms with Crippen molar-refractivity contribution in [3.63, 3.8) is 0 Å². The monoisotopic (exact) mass is 292 g/mol. The maximum absolute atomic E-state index is 11.7. The SMILES string of the molecule is CC(C)(C)OCC(=O)NC1CCN(S(C)(=O)=O)CC1. The number of piperidine rings is 1. The lowest BCUT2D eigenvalue weighted by Crippen LogP contribution is -2.47. The molecule has 0 aromatic carbocycles. The highest BCUT2D eigenvalue weighted by Crippen LogP contribution is 2.13. The molecular formula is C12H24N2O4S. The number of nitrogens with zero attached hydrogens (tertiary/aromatic N) is 1. The van der Waals surface area contributed by atoms with Gasteiger partial charge in [0.25, 0.3) is 0 Å². The summed E-state index contributed by atoms with van der Waals surface area (Å²) in [5, 5.41) is 2.88. The molecule has 1 saturated heterocycles. The zero-order valence-electron chi connectivity index (χ0n) is 12.1. The molecule has 112 valence electrons. The Labute approximate surface area is 115 Å². The van der Waals surface area contributed by atoms with Crippen molar-refractivity contribution in [1.82, 2.24) is 9.62 Å².